The van der Waals surface area contributed by atoms with Crippen molar-refractivity contribution in [3.63, 3.8) is 0 Å². The smallest absolute Gasteiger partial charge is 0.360 e. The molecule has 1 atom stereocenters. The number of nitrogens with one attached hydrogen (secondary N) is 2. The fourth-order valence-electron chi connectivity index (χ4n) is 3.42. The van der Waals surface area contributed by atoms with Gasteiger partial charge in [0.05, 0.1) is 10.4 Å². The molecule has 0 radical (unpaired) electrons. The number of para-hydroxylation sites is 1. The number of hydrogen-bond donors (Lipinski definition) is 2. The van der Waals surface area contributed by atoms with Gasteiger partial charge in [-0.25, -0.2) is 13.2 Å². The van der Waals surface area contributed by atoms with Gasteiger partial charge in [-0.15, -0.1) is 0 Å². The van der Waals surface area contributed by atoms with E-state index in [1.54, 1.807) is 18.2 Å². The van der Waals surface area contributed by atoms with Crippen molar-refractivity contribution >= 4 is 38.5 Å². The summed E-state index contributed by atoms with van der Waals surface area (Å²) in [6, 6.07) is 13.0. The van der Waals surface area contributed by atoms with Gasteiger partial charge >= 0.3 is 5.97 Å². The Kier molecular flexibility index (Phi) is 5.75. The molecule has 0 spiro atoms. The second kappa shape index (κ2) is 8.48. The molecule has 31 heavy (non-hydrogen) atoms. The Morgan fingerprint density at radius 3 is 2.48 bits per heavy atom. The summed E-state index contributed by atoms with van der Waals surface area (Å²) in [4.78, 5) is 25.0. The number of anilines is 1. The van der Waals surface area contributed by atoms with E-state index in [0.29, 0.717) is 29.7 Å². The lowest BCUT2D eigenvalue weighted by Gasteiger charge is -2.16. The lowest BCUT2D eigenvalue weighted by atomic mass is 10.2. The number of fused-ring (bicyclic) bond motifs is 1. The number of carbonyl (C=O) groups is 2. The second-order valence-electron chi connectivity index (χ2n) is 7.29. The monoisotopic (exact) mass is 442 g/mol. The Bertz CT molecular complexity index is 1210. The van der Waals surface area contributed by atoms with Crippen LogP contribution in [-0.4, -0.2) is 54.0 Å². The van der Waals surface area contributed by atoms with Gasteiger partial charge in [-0.2, -0.15) is 9.40 Å². The fraction of sp³-hybridized carbons (Fsp3) is 0.286. The molecule has 2 heterocycles. The molecule has 1 aromatic heterocycles. The number of carbonyl (C=O) groups excluding carboxylic acids is 2. The molecular weight excluding hydrogens is 420 g/mol. The van der Waals surface area contributed by atoms with Gasteiger partial charge in [0.1, 0.15) is 0 Å². The third-order valence-electron chi connectivity index (χ3n) is 5.14. The molecule has 4 rings (SSSR count). The Hall–Kier alpha value is -3.24. The molecule has 1 fully saturated rings. The molecule has 0 unspecified atom stereocenters. The van der Waals surface area contributed by atoms with Crippen LogP contribution in [0.4, 0.5) is 5.69 Å². The first-order valence-corrected chi connectivity index (χ1v) is 11.4. The molecule has 10 heteroatoms. The Morgan fingerprint density at radius 2 is 1.77 bits per heavy atom. The Balaban J connectivity index is 1.39. The van der Waals surface area contributed by atoms with Crippen molar-refractivity contribution in [2.75, 3.05) is 18.4 Å². The lowest BCUT2D eigenvalue weighted by molar-refractivity contribution is -0.123. The molecule has 9 nitrogen and oxygen atoms in total. The van der Waals surface area contributed by atoms with Crippen molar-refractivity contribution in [2.45, 2.75) is 30.8 Å². The van der Waals surface area contributed by atoms with Gasteiger partial charge in [0.25, 0.3) is 5.91 Å². The summed E-state index contributed by atoms with van der Waals surface area (Å²) in [6.07, 6.45) is 0.645. The van der Waals surface area contributed by atoms with Crippen LogP contribution in [0.2, 0.25) is 0 Å². The molecule has 0 saturated carbocycles. The maximum atomic E-state index is 12.6. The van der Waals surface area contributed by atoms with Crippen LogP contribution >= 0.6 is 0 Å². The number of amides is 1. The van der Waals surface area contributed by atoms with Crippen LogP contribution in [0, 0.1) is 0 Å². The summed E-state index contributed by atoms with van der Waals surface area (Å²) >= 11 is 0. The number of H-pyrrole nitrogens is 1. The van der Waals surface area contributed by atoms with Crippen molar-refractivity contribution in [1.82, 2.24) is 14.5 Å². The summed E-state index contributed by atoms with van der Waals surface area (Å²) in [7, 11) is -3.52. The number of aromatic amines is 1. The summed E-state index contributed by atoms with van der Waals surface area (Å²) in [5, 5.41) is 9.94. The van der Waals surface area contributed by atoms with Crippen molar-refractivity contribution < 1.29 is 22.7 Å². The van der Waals surface area contributed by atoms with E-state index in [0.717, 1.165) is 12.8 Å². The average Bonchev–Trinajstić information content (AvgIpc) is 3.44. The van der Waals surface area contributed by atoms with E-state index in [-0.39, 0.29) is 10.6 Å². The van der Waals surface area contributed by atoms with Gasteiger partial charge in [-0.05, 0) is 50.1 Å². The number of aromatic nitrogens is 2. The van der Waals surface area contributed by atoms with E-state index < -0.39 is 28.0 Å². The van der Waals surface area contributed by atoms with Crippen LogP contribution in [-0.2, 0) is 19.6 Å². The zero-order valence-corrected chi connectivity index (χ0v) is 17.7. The summed E-state index contributed by atoms with van der Waals surface area (Å²) in [5.74, 6) is -1.25. The van der Waals surface area contributed by atoms with Crippen LogP contribution in [0.1, 0.15) is 30.3 Å². The number of nitrogens with zero attached hydrogens (tertiary/aromatic N) is 2. The maximum absolute atomic E-state index is 12.6. The van der Waals surface area contributed by atoms with Crippen molar-refractivity contribution in [3.05, 3.63) is 54.2 Å². The highest BCUT2D eigenvalue weighted by molar-refractivity contribution is 7.89. The molecule has 1 aliphatic heterocycles. The third-order valence-corrected chi connectivity index (χ3v) is 7.05. The van der Waals surface area contributed by atoms with Gasteiger partial charge < -0.3 is 10.1 Å². The van der Waals surface area contributed by atoms with Gasteiger partial charge in [-0.3, -0.25) is 9.89 Å². The number of rotatable bonds is 6. The largest absolute Gasteiger partial charge is 0.448 e. The standard InChI is InChI=1S/C21H22N4O5S/c1-14(30-21(27)19-17-6-2-3-7-18(17)23-24-19)20(26)22-15-8-10-16(11-9-15)31(28,29)25-12-4-5-13-25/h2-3,6-11,14H,4-5,12-13H2,1H3,(H,22,26)(H,23,24)/t14-/m1/s1. The van der Waals surface area contributed by atoms with Crippen LogP contribution in [0.5, 0.6) is 0 Å². The molecule has 3 aromatic rings. The van der Waals surface area contributed by atoms with Crippen molar-refractivity contribution in [3.8, 4) is 0 Å². The molecule has 1 amide bonds. The lowest BCUT2D eigenvalue weighted by Crippen LogP contribution is -2.30. The predicted octanol–water partition coefficient (Wildman–Crippen LogP) is 2.53. The maximum Gasteiger partial charge on any atom is 0.360 e. The summed E-state index contributed by atoms with van der Waals surface area (Å²) in [6.45, 7) is 2.50. The second-order valence-corrected chi connectivity index (χ2v) is 9.23. The van der Waals surface area contributed by atoms with E-state index in [2.05, 4.69) is 15.5 Å². The predicted molar refractivity (Wildman–Crippen MR) is 114 cm³/mol. The highest BCUT2D eigenvalue weighted by Crippen LogP contribution is 2.22. The first-order valence-electron chi connectivity index (χ1n) is 9.91. The normalized spacial score (nSPS) is 15.6. The van der Waals surface area contributed by atoms with Crippen molar-refractivity contribution in [1.29, 1.82) is 0 Å². The molecule has 162 valence electrons. The van der Waals surface area contributed by atoms with E-state index in [9.17, 15) is 18.0 Å². The quantitative estimate of drug-likeness (QED) is 0.566. The molecule has 1 aliphatic rings. The van der Waals surface area contributed by atoms with Gasteiger partial charge in [0.2, 0.25) is 10.0 Å². The molecule has 0 bridgehead atoms. The number of esters is 1. The summed E-state index contributed by atoms with van der Waals surface area (Å²) < 4.78 is 31.9. The van der Waals surface area contributed by atoms with Crippen LogP contribution in [0.25, 0.3) is 10.9 Å². The Labute approximate surface area is 179 Å². The highest BCUT2D eigenvalue weighted by Gasteiger charge is 2.27. The molecule has 1 saturated heterocycles. The fourth-order valence-corrected chi connectivity index (χ4v) is 4.94. The van der Waals surface area contributed by atoms with Crippen molar-refractivity contribution in [2.24, 2.45) is 0 Å². The average molecular weight is 442 g/mol. The van der Waals surface area contributed by atoms with E-state index >= 15 is 0 Å². The number of ether oxygens (including phenoxy) is 1. The van der Waals surface area contributed by atoms with Crippen LogP contribution in [0.3, 0.4) is 0 Å². The number of hydrogen-bond acceptors (Lipinski definition) is 6. The van der Waals surface area contributed by atoms with Crippen LogP contribution < -0.4 is 5.32 Å². The minimum atomic E-state index is -3.52. The Morgan fingerprint density at radius 1 is 1.10 bits per heavy atom. The first kappa shape index (κ1) is 21.0. The zero-order valence-electron chi connectivity index (χ0n) is 16.9. The van der Waals surface area contributed by atoms with E-state index in [4.69, 9.17) is 4.74 Å². The van der Waals surface area contributed by atoms with Crippen LogP contribution in [0.15, 0.2) is 53.4 Å². The van der Waals surface area contributed by atoms with Gasteiger partial charge in [0.15, 0.2) is 11.8 Å². The molecular formula is C21H22N4O5S. The van der Waals surface area contributed by atoms with Gasteiger partial charge in [-0.1, -0.05) is 18.2 Å². The first-order chi connectivity index (χ1) is 14.9. The molecule has 2 N–H and O–H groups in total. The van der Waals surface area contributed by atoms with E-state index in [1.165, 1.54) is 35.5 Å². The number of sulfonamides is 1. The topological polar surface area (TPSA) is 121 Å². The third kappa shape index (κ3) is 4.30. The number of benzene rings is 2. The molecule has 2 aromatic carbocycles. The zero-order chi connectivity index (χ0) is 22.0. The van der Waals surface area contributed by atoms with E-state index in [1.807, 2.05) is 6.07 Å². The summed E-state index contributed by atoms with van der Waals surface area (Å²) in [5.41, 5.74) is 1.20. The highest BCUT2D eigenvalue weighted by atomic mass is 32.2. The van der Waals surface area contributed by atoms with Gasteiger partial charge in [0, 0.05) is 24.2 Å². The minimum Gasteiger partial charge on any atom is -0.448 e. The SMILES string of the molecule is C[C@@H](OC(=O)c1n[nH]c2ccccc12)C(=O)Nc1ccc(S(=O)(=O)N2CCCC2)cc1. The molecule has 0 aliphatic carbocycles. The minimum absolute atomic E-state index is 0.103.